The number of benzene rings is 2. The first-order chi connectivity index (χ1) is 9.69. The molecule has 0 saturated heterocycles. The van der Waals surface area contributed by atoms with Gasteiger partial charge in [0.25, 0.3) is 0 Å². The minimum Gasteiger partial charge on any atom is -0.321 e. The van der Waals surface area contributed by atoms with Gasteiger partial charge in [-0.05, 0) is 52.5 Å². The molecule has 0 heterocycles. The van der Waals surface area contributed by atoms with E-state index in [1.54, 1.807) is 0 Å². The lowest BCUT2D eigenvalue weighted by Gasteiger charge is -2.50. The Labute approximate surface area is 128 Å². The van der Waals surface area contributed by atoms with Gasteiger partial charge in [-0.25, -0.2) is 0 Å². The SMILES string of the molecule is CC1(C)CC(C)(C)CC(N)(c2ccc3ccccc3c2)C1. The first-order valence-electron chi connectivity index (χ1n) is 7.98. The second-order valence-electron chi connectivity index (χ2n) is 8.58. The van der Waals surface area contributed by atoms with Gasteiger partial charge in [0.2, 0.25) is 0 Å². The van der Waals surface area contributed by atoms with Crippen LogP contribution in [0, 0.1) is 10.8 Å². The van der Waals surface area contributed by atoms with E-state index in [0.717, 1.165) is 12.8 Å². The molecule has 1 aliphatic carbocycles. The van der Waals surface area contributed by atoms with E-state index in [2.05, 4.69) is 70.2 Å². The lowest BCUT2D eigenvalue weighted by molar-refractivity contribution is 0.0471. The topological polar surface area (TPSA) is 26.0 Å². The number of fused-ring (bicyclic) bond motifs is 1. The average molecular weight is 281 g/mol. The molecule has 1 nitrogen and oxygen atoms in total. The normalized spacial score (nSPS) is 23.1. The predicted octanol–water partition coefficient (Wildman–Crippen LogP) is 5.23. The van der Waals surface area contributed by atoms with Crippen molar-refractivity contribution in [1.82, 2.24) is 0 Å². The van der Waals surface area contributed by atoms with Crippen molar-refractivity contribution < 1.29 is 0 Å². The molecule has 2 aromatic rings. The Morgan fingerprint density at radius 3 is 1.95 bits per heavy atom. The van der Waals surface area contributed by atoms with E-state index >= 15 is 0 Å². The van der Waals surface area contributed by atoms with Crippen LogP contribution >= 0.6 is 0 Å². The van der Waals surface area contributed by atoms with E-state index in [9.17, 15) is 0 Å². The number of hydrogen-bond acceptors (Lipinski definition) is 1. The van der Waals surface area contributed by atoms with E-state index in [1.165, 1.54) is 22.8 Å². The first kappa shape index (κ1) is 14.6. The van der Waals surface area contributed by atoms with Crippen LogP contribution in [0.1, 0.15) is 52.5 Å². The minimum absolute atomic E-state index is 0.213. The summed E-state index contributed by atoms with van der Waals surface area (Å²) >= 11 is 0. The molecule has 21 heavy (non-hydrogen) atoms. The predicted molar refractivity (Wildman–Crippen MR) is 91.2 cm³/mol. The van der Waals surface area contributed by atoms with Gasteiger partial charge in [0.05, 0.1) is 0 Å². The molecule has 2 N–H and O–H groups in total. The quantitative estimate of drug-likeness (QED) is 0.761. The van der Waals surface area contributed by atoms with Crippen molar-refractivity contribution in [2.45, 2.75) is 52.5 Å². The van der Waals surface area contributed by atoms with Crippen LogP contribution in [0.15, 0.2) is 42.5 Å². The molecular formula is C20H27N. The highest BCUT2D eigenvalue weighted by Crippen LogP contribution is 2.52. The largest absolute Gasteiger partial charge is 0.321 e. The van der Waals surface area contributed by atoms with Gasteiger partial charge in [-0.1, -0.05) is 64.1 Å². The zero-order valence-electron chi connectivity index (χ0n) is 13.7. The maximum Gasteiger partial charge on any atom is 0.0420 e. The maximum atomic E-state index is 6.92. The Bertz CT molecular complexity index is 650. The van der Waals surface area contributed by atoms with Gasteiger partial charge in [-0.15, -0.1) is 0 Å². The van der Waals surface area contributed by atoms with Crippen molar-refractivity contribution in [2.75, 3.05) is 0 Å². The summed E-state index contributed by atoms with van der Waals surface area (Å²) in [5.74, 6) is 0. The summed E-state index contributed by atoms with van der Waals surface area (Å²) < 4.78 is 0. The van der Waals surface area contributed by atoms with Crippen LogP contribution < -0.4 is 5.73 Å². The highest BCUT2D eigenvalue weighted by atomic mass is 14.8. The third-order valence-electron chi connectivity index (χ3n) is 4.87. The first-order valence-corrected chi connectivity index (χ1v) is 7.98. The number of hydrogen-bond donors (Lipinski definition) is 1. The fourth-order valence-electron chi connectivity index (χ4n) is 4.89. The molecule has 1 heteroatoms. The van der Waals surface area contributed by atoms with Crippen LogP contribution in [0.3, 0.4) is 0 Å². The molecule has 0 amide bonds. The standard InChI is InChI=1S/C20H27N/c1-18(2)12-19(3,4)14-20(21,13-18)17-10-9-15-7-5-6-8-16(15)11-17/h5-11H,12-14,21H2,1-4H3. The Morgan fingerprint density at radius 1 is 0.762 bits per heavy atom. The van der Waals surface area contributed by atoms with Gasteiger partial charge in [0, 0.05) is 5.54 Å². The highest BCUT2D eigenvalue weighted by molar-refractivity contribution is 5.83. The van der Waals surface area contributed by atoms with Crippen molar-refractivity contribution in [2.24, 2.45) is 16.6 Å². The Morgan fingerprint density at radius 2 is 1.33 bits per heavy atom. The molecule has 0 radical (unpaired) electrons. The molecule has 112 valence electrons. The Balaban J connectivity index is 2.07. The summed E-state index contributed by atoms with van der Waals surface area (Å²) in [6.45, 7) is 9.43. The molecule has 0 bridgehead atoms. The van der Waals surface area contributed by atoms with Crippen molar-refractivity contribution in [3.63, 3.8) is 0 Å². The van der Waals surface area contributed by atoms with Gasteiger partial charge in [-0.2, -0.15) is 0 Å². The van der Waals surface area contributed by atoms with Gasteiger partial charge < -0.3 is 5.73 Å². The van der Waals surface area contributed by atoms with E-state index in [1.807, 2.05) is 0 Å². The molecule has 3 rings (SSSR count). The van der Waals surface area contributed by atoms with Crippen molar-refractivity contribution in [3.05, 3.63) is 48.0 Å². The van der Waals surface area contributed by atoms with E-state index in [4.69, 9.17) is 5.73 Å². The number of nitrogens with two attached hydrogens (primary N) is 1. The van der Waals surface area contributed by atoms with Crippen LogP contribution in [0.25, 0.3) is 10.8 Å². The smallest absolute Gasteiger partial charge is 0.0420 e. The van der Waals surface area contributed by atoms with Crippen LogP contribution in [0.4, 0.5) is 0 Å². The van der Waals surface area contributed by atoms with Crippen molar-refractivity contribution in [3.8, 4) is 0 Å². The maximum absolute atomic E-state index is 6.92. The Kier molecular flexibility index (Phi) is 3.18. The van der Waals surface area contributed by atoms with E-state index in [-0.39, 0.29) is 5.54 Å². The van der Waals surface area contributed by atoms with Crippen LogP contribution in [-0.2, 0) is 5.54 Å². The summed E-state index contributed by atoms with van der Waals surface area (Å²) in [5.41, 5.74) is 8.59. The summed E-state index contributed by atoms with van der Waals surface area (Å²) in [6.07, 6.45) is 3.36. The van der Waals surface area contributed by atoms with Gasteiger partial charge in [0.15, 0.2) is 0 Å². The number of rotatable bonds is 1. The molecule has 1 saturated carbocycles. The second kappa shape index (κ2) is 4.58. The monoisotopic (exact) mass is 281 g/mol. The Hall–Kier alpha value is -1.34. The van der Waals surface area contributed by atoms with Crippen molar-refractivity contribution >= 4 is 10.8 Å². The molecule has 0 aliphatic heterocycles. The molecule has 0 spiro atoms. The summed E-state index contributed by atoms with van der Waals surface area (Å²) in [7, 11) is 0. The zero-order chi connectivity index (χ0) is 15.3. The van der Waals surface area contributed by atoms with Gasteiger partial charge in [-0.3, -0.25) is 0 Å². The fourth-order valence-corrected chi connectivity index (χ4v) is 4.89. The van der Waals surface area contributed by atoms with E-state index < -0.39 is 0 Å². The third-order valence-corrected chi connectivity index (χ3v) is 4.87. The molecule has 1 aliphatic rings. The third kappa shape index (κ3) is 2.85. The summed E-state index contributed by atoms with van der Waals surface area (Å²) in [4.78, 5) is 0. The summed E-state index contributed by atoms with van der Waals surface area (Å²) in [6, 6.07) is 15.3. The second-order valence-corrected chi connectivity index (χ2v) is 8.58. The average Bonchev–Trinajstić information content (AvgIpc) is 2.34. The molecule has 0 unspecified atom stereocenters. The van der Waals surface area contributed by atoms with Crippen LogP contribution in [-0.4, -0.2) is 0 Å². The lowest BCUT2D eigenvalue weighted by Crippen LogP contribution is -2.49. The fraction of sp³-hybridized carbons (Fsp3) is 0.500. The van der Waals surface area contributed by atoms with Crippen molar-refractivity contribution in [1.29, 1.82) is 0 Å². The molecule has 0 atom stereocenters. The highest BCUT2D eigenvalue weighted by Gasteiger charge is 2.46. The van der Waals surface area contributed by atoms with Crippen LogP contribution in [0.2, 0.25) is 0 Å². The lowest BCUT2D eigenvalue weighted by atomic mass is 9.57. The summed E-state index contributed by atoms with van der Waals surface area (Å²) in [5, 5.41) is 2.58. The van der Waals surface area contributed by atoms with Gasteiger partial charge >= 0.3 is 0 Å². The van der Waals surface area contributed by atoms with Crippen LogP contribution in [0.5, 0.6) is 0 Å². The zero-order valence-corrected chi connectivity index (χ0v) is 13.7. The van der Waals surface area contributed by atoms with Gasteiger partial charge in [0.1, 0.15) is 0 Å². The minimum atomic E-state index is -0.213. The molecule has 1 fully saturated rings. The molecular weight excluding hydrogens is 254 g/mol. The molecule has 0 aromatic heterocycles. The van der Waals surface area contributed by atoms with E-state index in [0.29, 0.717) is 10.8 Å². The molecule has 2 aromatic carbocycles.